The number of carbonyl (C=O) groups excluding carboxylic acids is 1. The van der Waals surface area contributed by atoms with E-state index in [9.17, 15) is 4.79 Å². The molecule has 2 aliphatic heterocycles. The monoisotopic (exact) mass is 264 g/mol. The van der Waals surface area contributed by atoms with E-state index in [0.29, 0.717) is 19.6 Å². The fraction of sp³-hybridized carbons (Fsp3) is 0.909. The highest BCUT2D eigenvalue weighted by atomic mass is 35.5. The molecule has 0 aliphatic carbocycles. The normalized spacial score (nSPS) is 25.9. The summed E-state index contributed by atoms with van der Waals surface area (Å²) < 4.78 is 10.7. The Balaban J connectivity index is 0.00000144. The minimum Gasteiger partial charge on any atom is -0.380 e. The Bertz CT molecular complexity index is 227. The van der Waals surface area contributed by atoms with Gasteiger partial charge in [-0.1, -0.05) is 0 Å². The molecular weight excluding hydrogens is 244 g/mol. The molecule has 2 saturated heterocycles. The van der Waals surface area contributed by atoms with E-state index in [2.05, 4.69) is 5.32 Å². The van der Waals surface area contributed by atoms with Gasteiger partial charge in [0.25, 0.3) is 0 Å². The summed E-state index contributed by atoms with van der Waals surface area (Å²) in [6.07, 6.45) is 1.49. The largest absolute Gasteiger partial charge is 0.380 e. The van der Waals surface area contributed by atoms with Gasteiger partial charge in [0, 0.05) is 38.7 Å². The molecule has 1 N–H and O–H groups in total. The molecule has 2 aliphatic rings. The Morgan fingerprint density at radius 1 is 1.24 bits per heavy atom. The van der Waals surface area contributed by atoms with Crippen LogP contribution in [0.2, 0.25) is 0 Å². The van der Waals surface area contributed by atoms with Gasteiger partial charge < -0.3 is 19.7 Å². The third-order valence-electron chi connectivity index (χ3n) is 2.99. The molecule has 2 heterocycles. The van der Waals surface area contributed by atoms with Crippen LogP contribution in [0.15, 0.2) is 0 Å². The molecule has 0 bridgehead atoms. The summed E-state index contributed by atoms with van der Waals surface area (Å²) in [4.78, 5) is 13.9. The zero-order valence-corrected chi connectivity index (χ0v) is 10.8. The molecule has 1 atom stereocenters. The lowest BCUT2D eigenvalue weighted by atomic mass is 10.1. The van der Waals surface area contributed by atoms with E-state index >= 15 is 0 Å². The van der Waals surface area contributed by atoms with Crippen molar-refractivity contribution in [1.82, 2.24) is 10.2 Å². The van der Waals surface area contributed by atoms with Crippen LogP contribution in [-0.2, 0) is 14.3 Å². The van der Waals surface area contributed by atoms with E-state index in [0.717, 1.165) is 39.3 Å². The maximum Gasteiger partial charge on any atom is 0.224 e. The van der Waals surface area contributed by atoms with Gasteiger partial charge in [-0.15, -0.1) is 12.4 Å². The van der Waals surface area contributed by atoms with Crippen molar-refractivity contribution >= 4 is 18.3 Å². The summed E-state index contributed by atoms with van der Waals surface area (Å²) in [5.74, 6) is 0.216. The highest BCUT2D eigenvalue weighted by molar-refractivity contribution is 5.85. The number of ether oxygens (including phenoxy) is 2. The minimum atomic E-state index is 0. The van der Waals surface area contributed by atoms with Gasteiger partial charge in [-0.05, 0) is 6.42 Å². The van der Waals surface area contributed by atoms with E-state index in [-0.39, 0.29) is 24.4 Å². The molecule has 0 aromatic heterocycles. The Morgan fingerprint density at radius 2 is 2.12 bits per heavy atom. The number of nitrogens with one attached hydrogen (secondary N) is 1. The summed E-state index contributed by atoms with van der Waals surface area (Å²) >= 11 is 0. The number of carbonyl (C=O) groups is 1. The van der Waals surface area contributed by atoms with E-state index in [1.165, 1.54) is 0 Å². The first-order valence-corrected chi connectivity index (χ1v) is 6.03. The lowest BCUT2D eigenvalue weighted by Crippen LogP contribution is -2.45. The van der Waals surface area contributed by atoms with Crippen LogP contribution in [0.5, 0.6) is 0 Å². The molecule has 6 heteroatoms. The number of morpholine rings is 1. The molecule has 100 valence electrons. The fourth-order valence-corrected chi connectivity index (χ4v) is 2.09. The standard InChI is InChI=1S/C11H20N2O3.ClH/c14-11(8-10-9-16-6-2-12-10)13-3-1-5-15-7-4-13;/h10,12H,1-9H2;1H. The predicted octanol–water partition coefficient (Wildman–Crippen LogP) is 0.0356. The molecule has 0 aromatic carbocycles. The second kappa shape index (κ2) is 7.87. The first-order chi connectivity index (χ1) is 7.86. The van der Waals surface area contributed by atoms with Gasteiger partial charge in [-0.2, -0.15) is 0 Å². The SMILES string of the molecule is Cl.O=C(CC1COCCN1)N1CCCOCC1. The second-order valence-electron chi connectivity index (χ2n) is 4.28. The summed E-state index contributed by atoms with van der Waals surface area (Å²) in [5.41, 5.74) is 0. The van der Waals surface area contributed by atoms with Gasteiger partial charge in [-0.3, -0.25) is 4.79 Å². The summed E-state index contributed by atoms with van der Waals surface area (Å²) in [7, 11) is 0. The van der Waals surface area contributed by atoms with E-state index in [1.807, 2.05) is 4.90 Å². The summed E-state index contributed by atoms with van der Waals surface area (Å²) in [6, 6.07) is 0.186. The van der Waals surface area contributed by atoms with Crippen molar-refractivity contribution in [1.29, 1.82) is 0 Å². The van der Waals surface area contributed by atoms with Gasteiger partial charge in [0.1, 0.15) is 0 Å². The zero-order valence-electron chi connectivity index (χ0n) is 10.0. The number of nitrogens with zero attached hydrogens (tertiary/aromatic N) is 1. The van der Waals surface area contributed by atoms with Crippen molar-refractivity contribution in [3.63, 3.8) is 0 Å². The van der Waals surface area contributed by atoms with Crippen LogP contribution in [0.1, 0.15) is 12.8 Å². The Labute approximate surface area is 108 Å². The molecule has 0 aromatic rings. The zero-order chi connectivity index (χ0) is 11.2. The van der Waals surface area contributed by atoms with Crippen molar-refractivity contribution in [3.05, 3.63) is 0 Å². The molecule has 0 saturated carbocycles. The molecule has 1 unspecified atom stereocenters. The lowest BCUT2D eigenvalue weighted by Gasteiger charge is -2.26. The van der Waals surface area contributed by atoms with Crippen LogP contribution in [0, 0.1) is 0 Å². The van der Waals surface area contributed by atoms with Crippen molar-refractivity contribution in [2.75, 3.05) is 46.1 Å². The van der Waals surface area contributed by atoms with Crippen LogP contribution >= 0.6 is 12.4 Å². The molecule has 17 heavy (non-hydrogen) atoms. The van der Waals surface area contributed by atoms with Crippen molar-refractivity contribution in [2.24, 2.45) is 0 Å². The average Bonchev–Trinajstić information content (AvgIpc) is 2.59. The topological polar surface area (TPSA) is 50.8 Å². The summed E-state index contributed by atoms with van der Waals surface area (Å²) in [6.45, 7) is 5.24. The number of amides is 1. The third kappa shape index (κ3) is 4.79. The molecule has 0 radical (unpaired) electrons. The maximum absolute atomic E-state index is 12.0. The number of rotatable bonds is 2. The van der Waals surface area contributed by atoms with Crippen LogP contribution in [0.25, 0.3) is 0 Å². The van der Waals surface area contributed by atoms with E-state index < -0.39 is 0 Å². The number of hydrogen-bond acceptors (Lipinski definition) is 4. The molecule has 2 rings (SSSR count). The highest BCUT2D eigenvalue weighted by Crippen LogP contribution is 2.05. The third-order valence-corrected chi connectivity index (χ3v) is 2.99. The maximum atomic E-state index is 12.0. The van der Waals surface area contributed by atoms with Crippen molar-refractivity contribution < 1.29 is 14.3 Å². The Kier molecular flexibility index (Phi) is 6.80. The van der Waals surface area contributed by atoms with Gasteiger partial charge in [0.15, 0.2) is 0 Å². The van der Waals surface area contributed by atoms with Crippen LogP contribution in [0.4, 0.5) is 0 Å². The average molecular weight is 265 g/mol. The van der Waals surface area contributed by atoms with Crippen LogP contribution in [-0.4, -0.2) is 62.9 Å². The minimum absolute atomic E-state index is 0. The van der Waals surface area contributed by atoms with Gasteiger partial charge >= 0.3 is 0 Å². The van der Waals surface area contributed by atoms with Gasteiger partial charge in [0.05, 0.1) is 19.8 Å². The smallest absolute Gasteiger partial charge is 0.224 e. The Morgan fingerprint density at radius 3 is 2.88 bits per heavy atom. The van der Waals surface area contributed by atoms with Crippen LogP contribution in [0.3, 0.4) is 0 Å². The van der Waals surface area contributed by atoms with Crippen molar-refractivity contribution in [2.45, 2.75) is 18.9 Å². The Hall–Kier alpha value is -0.360. The quantitative estimate of drug-likeness (QED) is 0.765. The van der Waals surface area contributed by atoms with Crippen molar-refractivity contribution in [3.8, 4) is 0 Å². The fourth-order valence-electron chi connectivity index (χ4n) is 2.09. The van der Waals surface area contributed by atoms with E-state index in [4.69, 9.17) is 9.47 Å². The van der Waals surface area contributed by atoms with Gasteiger partial charge in [0.2, 0.25) is 5.91 Å². The highest BCUT2D eigenvalue weighted by Gasteiger charge is 2.21. The predicted molar refractivity (Wildman–Crippen MR) is 66.5 cm³/mol. The molecule has 2 fully saturated rings. The first-order valence-electron chi connectivity index (χ1n) is 6.03. The summed E-state index contributed by atoms with van der Waals surface area (Å²) in [5, 5.41) is 3.30. The first kappa shape index (κ1) is 14.7. The number of hydrogen-bond donors (Lipinski definition) is 1. The molecule has 1 amide bonds. The van der Waals surface area contributed by atoms with Crippen LogP contribution < -0.4 is 5.32 Å². The van der Waals surface area contributed by atoms with Gasteiger partial charge in [-0.25, -0.2) is 0 Å². The van der Waals surface area contributed by atoms with E-state index in [1.54, 1.807) is 0 Å². The second-order valence-corrected chi connectivity index (χ2v) is 4.28. The molecular formula is C11H21ClN2O3. The number of halogens is 1. The molecule has 0 spiro atoms. The molecule has 5 nitrogen and oxygen atoms in total. The lowest BCUT2D eigenvalue weighted by molar-refractivity contribution is -0.132.